The molecule has 0 amide bonds. The van der Waals surface area contributed by atoms with Crippen LogP contribution in [-0.4, -0.2) is 25.7 Å². The normalized spacial score (nSPS) is 11.6. The molecule has 0 spiro atoms. The summed E-state index contributed by atoms with van der Waals surface area (Å²) in [5.74, 6) is 0. The van der Waals surface area contributed by atoms with Crippen molar-refractivity contribution in [1.29, 1.82) is 0 Å². The van der Waals surface area contributed by atoms with Crippen LogP contribution in [0.5, 0.6) is 0 Å². The van der Waals surface area contributed by atoms with Crippen molar-refractivity contribution in [3.05, 3.63) is 48.5 Å². The summed E-state index contributed by atoms with van der Waals surface area (Å²) < 4.78 is 1.60. The maximum Gasteiger partial charge on any atom is 0.137 e. The van der Waals surface area contributed by atoms with Gasteiger partial charge in [-0.1, -0.05) is 35.5 Å². The second kappa shape index (κ2) is 4.36. The first-order chi connectivity index (χ1) is 7.40. The molecule has 2 aromatic rings. The van der Waals surface area contributed by atoms with E-state index in [4.69, 9.17) is 5.21 Å². The molecule has 1 N–H and O–H groups in total. The molecular formula is C10H10N4O. The van der Waals surface area contributed by atoms with E-state index in [2.05, 4.69) is 15.2 Å². The summed E-state index contributed by atoms with van der Waals surface area (Å²) in [5.41, 5.74) is 1.43. The average Bonchev–Trinajstić information content (AvgIpc) is 2.80. The summed E-state index contributed by atoms with van der Waals surface area (Å²) >= 11 is 0. The summed E-state index contributed by atoms with van der Waals surface area (Å²) in [7, 11) is 0. The zero-order valence-electron chi connectivity index (χ0n) is 7.98. The van der Waals surface area contributed by atoms with Crippen LogP contribution in [0.2, 0.25) is 0 Å². The Morgan fingerprint density at radius 3 is 2.73 bits per heavy atom. The molecule has 1 aromatic heterocycles. The van der Waals surface area contributed by atoms with Gasteiger partial charge in [0.15, 0.2) is 0 Å². The first-order valence-corrected chi connectivity index (χ1v) is 4.49. The zero-order chi connectivity index (χ0) is 10.5. The summed E-state index contributed by atoms with van der Waals surface area (Å²) in [6.07, 6.45) is 3.02. The molecule has 2 rings (SSSR count). The third-order valence-corrected chi connectivity index (χ3v) is 2.01. The smallest absolute Gasteiger partial charge is 0.137 e. The maximum atomic E-state index is 8.90. The Bertz CT molecular complexity index is 436. The molecule has 0 saturated carbocycles. The Morgan fingerprint density at radius 1 is 1.33 bits per heavy atom. The van der Waals surface area contributed by atoms with Crippen LogP contribution in [0.3, 0.4) is 0 Å². The Morgan fingerprint density at radius 2 is 2.13 bits per heavy atom. The van der Waals surface area contributed by atoms with Crippen molar-refractivity contribution in [1.82, 2.24) is 14.8 Å². The number of rotatable bonds is 3. The molecule has 0 radical (unpaired) electrons. The lowest BCUT2D eigenvalue weighted by molar-refractivity contribution is 0.317. The van der Waals surface area contributed by atoms with Crippen LogP contribution in [0.1, 0.15) is 5.56 Å². The van der Waals surface area contributed by atoms with Crippen molar-refractivity contribution in [2.75, 3.05) is 0 Å². The summed E-state index contributed by atoms with van der Waals surface area (Å²) in [5, 5.41) is 16.1. The maximum absolute atomic E-state index is 8.90. The number of nitrogens with zero attached hydrogens (tertiary/aromatic N) is 4. The minimum Gasteiger partial charge on any atom is -0.411 e. The molecule has 15 heavy (non-hydrogen) atoms. The molecule has 76 valence electrons. The zero-order valence-corrected chi connectivity index (χ0v) is 7.98. The van der Waals surface area contributed by atoms with Crippen molar-refractivity contribution in [2.24, 2.45) is 5.16 Å². The molecule has 1 aromatic carbocycles. The number of aromatic nitrogens is 3. The molecule has 0 unspecified atom stereocenters. The quantitative estimate of drug-likeness (QED) is 0.461. The van der Waals surface area contributed by atoms with E-state index in [1.165, 1.54) is 6.33 Å². The van der Waals surface area contributed by atoms with Crippen LogP contribution in [0, 0.1) is 0 Å². The van der Waals surface area contributed by atoms with Crippen LogP contribution in [0.25, 0.3) is 0 Å². The standard InChI is InChI=1S/C10H10N4O/c15-13-10(6-14-8-11-7-12-14)9-4-2-1-3-5-9/h1-5,7-8,15H,6H2. The third-order valence-electron chi connectivity index (χ3n) is 2.01. The molecule has 0 aliphatic carbocycles. The van der Waals surface area contributed by atoms with E-state index in [0.29, 0.717) is 12.3 Å². The predicted molar refractivity (Wildman–Crippen MR) is 54.8 cm³/mol. The Hall–Kier alpha value is -2.17. The van der Waals surface area contributed by atoms with E-state index < -0.39 is 0 Å². The third kappa shape index (κ3) is 2.19. The molecule has 1 heterocycles. The Balaban J connectivity index is 2.20. The van der Waals surface area contributed by atoms with Crippen molar-refractivity contribution in [3.63, 3.8) is 0 Å². The molecule has 0 atom stereocenters. The Labute approximate surface area is 86.7 Å². The van der Waals surface area contributed by atoms with Gasteiger partial charge in [0.2, 0.25) is 0 Å². The highest BCUT2D eigenvalue weighted by molar-refractivity contribution is 5.99. The van der Waals surface area contributed by atoms with Gasteiger partial charge in [0.1, 0.15) is 18.4 Å². The molecule has 0 aliphatic rings. The van der Waals surface area contributed by atoms with Crippen molar-refractivity contribution in [3.8, 4) is 0 Å². The van der Waals surface area contributed by atoms with Gasteiger partial charge in [-0.2, -0.15) is 5.10 Å². The second-order valence-electron chi connectivity index (χ2n) is 3.01. The lowest BCUT2D eigenvalue weighted by Gasteiger charge is -2.03. The summed E-state index contributed by atoms with van der Waals surface area (Å²) in [6, 6.07) is 9.45. The first kappa shape index (κ1) is 9.39. The second-order valence-corrected chi connectivity index (χ2v) is 3.01. The SMILES string of the molecule is ON=C(Cn1cncn1)c1ccccc1. The van der Waals surface area contributed by atoms with Gasteiger partial charge in [0.05, 0.1) is 6.54 Å². The first-order valence-electron chi connectivity index (χ1n) is 4.49. The number of hydrogen-bond acceptors (Lipinski definition) is 4. The lowest BCUT2D eigenvalue weighted by atomic mass is 10.1. The summed E-state index contributed by atoms with van der Waals surface area (Å²) in [6.45, 7) is 0.403. The molecule has 0 aliphatic heterocycles. The molecule has 5 nitrogen and oxygen atoms in total. The van der Waals surface area contributed by atoms with Crippen LogP contribution < -0.4 is 0 Å². The van der Waals surface area contributed by atoms with E-state index in [1.54, 1.807) is 11.0 Å². The highest BCUT2D eigenvalue weighted by Crippen LogP contribution is 2.02. The average molecular weight is 202 g/mol. The van der Waals surface area contributed by atoms with E-state index >= 15 is 0 Å². The fourth-order valence-corrected chi connectivity index (χ4v) is 1.28. The van der Waals surface area contributed by atoms with E-state index in [0.717, 1.165) is 5.56 Å². The minimum absolute atomic E-state index is 0.403. The van der Waals surface area contributed by atoms with Crippen LogP contribution in [-0.2, 0) is 6.54 Å². The number of benzene rings is 1. The summed E-state index contributed by atoms with van der Waals surface area (Å²) in [4.78, 5) is 3.82. The van der Waals surface area contributed by atoms with Gasteiger partial charge >= 0.3 is 0 Å². The van der Waals surface area contributed by atoms with Crippen LogP contribution >= 0.6 is 0 Å². The van der Waals surface area contributed by atoms with Gasteiger partial charge in [-0.3, -0.25) is 0 Å². The fraction of sp³-hybridized carbons (Fsp3) is 0.100. The number of oxime groups is 1. The topological polar surface area (TPSA) is 63.3 Å². The minimum atomic E-state index is 0.403. The lowest BCUT2D eigenvalue weighted by Crippen LogP contribution is -2.12. The van der Waals surface area contributed by atoms with E-state index in [9.17, 15) is 0 Å². The van der Waals surface area contributed by atoms with Crippen LogP contribution in [0.4, 0.5) is 0 Å². The van der Waals surface area contributed by atoms with Gasteiger partial charge < -0.3 is 5.21 Å². The molecule has 5 heteroatoms. The Kier molecular flexibility index (Phi) is 2.73. The highest BCUT2D eigenvalue weighted by atomic mass is 16.4. The molecule has 0 saturated heterocycles. The van der Waals surface area contributed by atoms with Gasteiger partial charge in [-0.25, -0.2) is 9.67 Å². The van der Waals surface area contributed by atoms with Gasteiger partial charge in [0, 0.05) is 5.56 Å². The monoisotopic (exact) mass is 202 g/mol. The van der Waals surface area contributed by atoms with Crippen molar-refractivity contribution < 1.29 is 5.21 Å². The molecular weight excluding hydrogens is 192 g/mol. The van der Waals surface area contributed by atoms with Gasteiger partial charge in [-0.15, -0.1) is 0 Å². The molecule has 0 bridgehead atoms. The highest BCUT2D eigenvalue weighted by Gasteiger charge is 2.04. The van der Waals surface area contributed by atoms with Crippen LogP contribution in [0.15, 0.2) is 48.1 Å². The largest absolute Gasteiger partial charge is 0.411 e. The van der Waals surface area contributed by atoms with E-state index in [1.807, 2.05) is 30.3 Å². The fourth-order valence-electron chi connectivity index (χ4n) is 1.28. The van der Waals surface area contributed by atoms with E-state index in [-0.39, 0.29) is 0 Å². The van der Waals surface area contributed by atoms with Gasteiger partial charge in [0.25, 0.3) is 0 Å². The number of hydrogen-bond donors (Lipinski definition) is 1. The predicted octanol–water partition coefficient (Wildman–Crippen LogP) is 1.16. The molecule has 0 fully saturated rings. The van der Waals surface area contributed by atoms with Crippen molar-refractivity contribution in [2.45, 2.75) is 6.54 Å². The van der Waals surface area contributed by atoms with Crippen molar-refractivity contribution >= 4 is 5.71 Å². The van der Waals surface area contributed by atoms with Gasteiger partial charge in [-0.05, 0) is 0 Å².